The number of nitrogens with zero attached hydrogens (tertiary/aromatic N) is 1. The molecule has 0 spiro atoms. The smallest absolute Gasteiger partial charge is 0.731 e. The number of carbonyl (C=O) groups excluding carboxylic acids is 3. The average Bonchev–Trinajstić information content (AvgIpc) is 2.93. The van der Waals surface area contributed by atoms with E-state index in [1.807, 2.05) is 5.38 Å². The Kier molecular flexibility index (Phi) is 7.38. The summed E-state index contributed by atoms with van der Waals surface area (Å²) >= 11 is 1.41. The molecule has 24 heavy (non-hydrogen) atoms. The zero-order valence-electron chi connectivity index (χ0n) is 13.0. The molecular weight excluding hydrogens is 369 g/mol. The number of nitrogens with one attached hydrogen (secondary N) is 2. The Morgan fingerprint density at radius 1 is 1.50 bits per heavy atom. The zero-order chi connectivity index (χ0) is 17.2. The molecule has 0 aliphatic carbocycles. The minimum atomic E-state index is -4.84. The van der Waals surface area contributed by atoms with Crippen LogP contribution < -0.4 is 40.2 Å². The van der Waals surface area contributed by atoms with Crippen LogP contribution in [-0.4, -0.2) is 53.6 Å². The first-order chi connectivity index (χ1) is 10.7. The molecule has 2 atom stereocenters. The maximum atomic E-state index is 11.9. The summed E-state index contributed by atoms with van der Waals surface area (Å²) in [6.45, 7) is 1.04. The fourth-order valence-corrected chi connectivity index (χ4v) is 3.31. The van der Waals surface area contributed by atoms with Gasteiger partial charge in [-0.25, -0.2) is 12.7 Å². The Morgan fingerprint density at radius 3 is 2.67 bits per heavy atom. The van der Waals surface area contributed by atoms with Gasteiger partial charge in [0.25, 0.3) is 5.91 Å². The SMILES string of the molecule is C[C@@H](NC(=O)Cc1cccs1)C(=O)NC1CN(S(=O)(=O)[O-])C1=O.[Na+]. The van der Waals surface area contributed by atoms with Gasteiger partial charge in [-0.05, 0) is 18.4 Å². The Balaban J connectivity index is 0.00000288. The number of thiophene rings is 1. The molecule has 1 aliphatic rings. The number of β-lactam (4-membered cyclic amide) rings is 1. The minimum absolute atomic E-state index is 0. The zero-order valence-corrected chi connectivity index (χ0v) is 16.6. The van der Waals surface area contributed by atoms with Gasteiger partial charge in [-0.15, -0.1) is 11.3 Å². The second-order valence-electron chi connectivity index (χ2n) is 4.93. The molecule has 0 aromatic carbocycles. The largest absolute Gasteiger partial charge is 1.00 e. The maximum Gasteiger partial charge on any atom is 1.00 e. The van der Waals surface area contributed by atoms with E-state index >= 15 is 0 Å². The van der Waals surface area contributed by atoms with E-state index < -0.39 is 40.7 Å². The van der Waals surface area contributed by atoms with Gasteiger partial charge < -0.3 is 15.2 Å². The fraction of sp³-hybridized carbons (Fsp3) is 0.417. The summed E-state index contributed by atoms with van der Waals surface area (Å²) in [5, 5.41) is 6.60. The molecule has 0 radical (unpaired) electrons. The number of rotatable bonds is 6. The van der Waals surface area contributed by atoms with Crippen molar-refractivity contribution in [3.63, 3.8) is 0 Å². The van der Waals surface area contributed by atoms with Crippen molar-refractivity contribution in [3.05, 3.63) is 22.4 Å². The molecular formula is C12H14N3NaO6S2. The Morgan fingerprint density at radius 2 is 2.17 bits per heavy atom. The van der Waals surface area contributed by atoms with Crippen molar-refractivity contribution in [2.45, 2.75) is 25.4 Å². The van der Waals surface area contributed by atoms with Crippen molar-refractivity contribution in [3.8, 4) is 0 Å². The molecule has 9 nitrogen and oxygen atoms in total. The average molecular weight is 383 g/mol. The van der Waals surface area contributed by atoms with Gasteiger partial charge in [-0.2, -0.15) is 0 Å². The Hall–Kier alpha value is -0.980. The molecule has 0 saturated carbocycles. The molecule has 2 rings (SSSR count). The second-order valence-corrected chi connectivity index (χ2v) is 7.26. The third-order valence-electron chi connectivity index (χ3n) is 3.16. The van der Waals surface area contributed by atoms with Crippen molar-refractivity contribution >= 4 is 39.4 Å². The van der Waals surface area contributed by atoms with Crippen LogP contribution in [0.15, 0.2) is 17.5 Å². The van der Waals surface area contributed by atoms with Gasteiger partial charge in [0.1, 0.15) is 12.1 Å². The van der Waals surface area contributed by atoms with Crippen molar-refractivity contribution in [1.29, 1.82) is 0 Å². The van der Waals surface area contributed by atoms with Crippen molar-refractivity contribution in [1.82, 2.24) is 14.9 Å². The van der Waals surface area contributed by atoms with Crippen molar-refractivity contribution in [2.24, 2.45) is 0 Å². The van der Waals surface area contributed by atoms with Gasteiger partial charge in [-0.1, -0.05) is 6.07 Å². The summed E-state index contributed by atoms with van der Waals surface area (Å²) < 4.78 is 32.1. The number of amides is 3. The first-order valence-electron chi connectivity index (χ1n) is 6.58. The van der Waals surface area contributed by atoms with Crippen LogP contribution in [0.1, 0.15) is 11.8 Å². The van der Waals surface area contributed by atoms with Crippen LogP contribution in [0.4, 0.5) is 0 Å². The predicted molar refractivity (Wildman–Crippen MR) is 79.0 cm³/mol. The van der Waals surface area contributed by atoms with Gasteiger partial charge in [0, 0.05) is 4.88 Å². The summed E-state index contributed by atoms with van der Waals surface area (Å²) in [4.78, 5) is 35.9. The van der Waals surface area contributed by atoms with Crippen LogP contribution in [0.25, 0.3) is 0 Å². The Bertz CT molecular complexity index is 721. The van der Waals surface area contributed by atoms with Gasteiger partial charge in [0.2, 0.25) is 11.8 Å². The molecule has 1 aliphatic heterocycles. The van der Waals surface area contributed by atoms with Crippen LogP contribution in [-0.2, 0) is 31.1 Å². The monoisotopic (exact) mass is 383 g/mol. The Labute approximate surface area is 165 Å². The topological polar surface area (TPSA) is 136 Å². The number of carbonyl (C=O) groups is 3. The van der Waals surface area contributed by atoms with Gasteiger partial charge in [-0.3, -0.25) is 14.4 Å². The summed E-state index contributed by atoms with van der Waals surface area (Å²) in [7, 11) is -4.84. The molecule has 1 aromatic heterocycles. The summed E-state index contributed by atoms with van der Waals surface area (Å²) in [5.74, 6) is -1.96. The minimum Gasteiger partial charge on any atom is -0.731 e. The molecule has 2 N–H and O–H groups in total. The normalized spacial score (nSPS) is 18.2. The number of hydrogen-bond acceptors (Lipinski definition) is 7. The van der Waals surface area contributed by atoms with Gasteiger partial charge in [0.05, 0.1) is 13.0 Å². The predicted octanol–water partition coefficient (Wildman–Crippen LogP) is -4.41. The van der Waals surface area contributed by atoms with E-state index in [1.165, 1.54) is 18.3 Å². The fourth-order valence-electron chi connectivity index (χ4n) is 1.93. The third kappa shape index (κ3) is 5.26. The van der Waals surface area contributed by atoms with Crippen LogP contribution >= 0.6 is 11.3 Å². The third-order valence-corrected chi connectivity index (χ3v) is 4.91. The first-order valence-corrected chi connectivity index (χ1v) is 8.82. The summed E-state index contributed by atoms with van der Waals surface area (Å²) in [6, 6.07) is 1.64. The standard InChI is InChI=1S/C12H15N3O6S2.Na/c1-7(13-10(16)5-8-3-2-4-22-8)11(17)14-9-6-15(12(9)18)23(19,20)21;/h2-4,7,9H,5-6H2,1H3,(H,13,16)(H,14,17)(H,19,20,21);/q;+1/p-1/t7-,9?;/m1./s1. The van der Waals surface area contributed by atoms with E-state index in [9.17, 15) is 27.4 Å². The molecule has 1 fully saturated rings. The van der Waals surface area contributed by atoms with E-state index in [0.29, 0.717) is 0 Å². The molecule has 126 valence electrons. The van der Waals surface area contributed by atoms with Crippen LogP contribution in [0, 0.1) is 0 Å². The van der Waals surface area contributed by atoms with E-state index in [0.717, 1.165) is 4.88 Å². The molecule has 2 heterocycles. The van der Waals surface area contributed by atoms with E-state index in [4.69, 9.17) is 0 Å². The molecule has 1 saturated heterocycles. The molecule has 0 bridgehead atoms. The van der Waals surface area contributed by atoms with Crippen molar-refractivity contribution in [2.75, 3.05) is 6.54 Å². The number of hydrogen-bond donors (Lipinski definition) is 2. The second kappa shape index (κ2) is 8.41. The molecule has 1 aromatic rings. The first kappa shape index (κ1) is 21.1. The van der Waals surface area contributed by atoms with Crippen LogP contribution in [0.5, 0.6) is 0 Å². The maximum absolute atomic E-state index is 11.9. The summed E-state index contributed by atoms with van der Waals surface area (Å²) in [6.07, 6.45) is 0.139. The van der Waals surface area contributed by atoms with E-state index in [-0.39, 0.29) is 46.2 Å². The van der Waals surface area contributed by atoms with Crippen LogP contribution in [0.2, 0.25) is 0 Å². The summed E-state index contributed by atoms with van der Waals surface area (Å²) in [5.41, 5.74) is 0. The van der Waals surface area contributed by atoms with Crippen LogP contribution in [0.3, 0.4) is 0 Å². The van der Waals surface area contributed by atoms with Crippen molar-refractivity contribution < 1.29 is 56.9 Å². The van der Waals surface area contributed by atoms with Gasteiger partial charge >= 0.3 is 29.6 Å². The molecule has 12 heteroatoms. The molecule has 3 amide bonds. The molecule has 1 unspecified atom stereocenters. The van der Waals surface area contributed by atoms with Gasteiger partial charge in [0.15, 0.2) is 10.3 Å². The van der Waals surface area contributed by atoms with E-state index in [1.54, 1.807) is 12.1 Å². The van der Waals surface area contributed by atoms with E-state index in [2.05, 4.69) is 10.6 Å². The quantitative estimate of drug-likeness (QED) is 0.289.